The molecule has 0 unspecified atom stereocenters. The molecule has 20 heavy (non-hydrogen) atoms. The topological polar surface area (TPSA) is 46.5 Å². The Morgan fingerprint density at radius 1 is 1.35 bits per heavy atom. The first-order chi connectivity index (χ1) is 9.31. The average molecular weight is 284 g/mol. The lowest BCUT2D eigenvalue weighted by atomic mass is 9.78. The van der Waals surface area contributed by atoms with Gasteiger partial charge in [-0.3, -0.25) is 4.79 Å². The van der Waals surface area contributed by atoms with Gasteiger partial charge in [0.1, 0.15) is 5.75 Å². The summed E-state index contributed by atoms with van der Waals surface area (Å²) in [4.78, 5) is 11.6. The lowest BCUT2D eigenvalue weighted by molar-refractivity contribution is -0.143. The Labute approximate surface area is 116 Å². The van der Waals surface area contributed by atoms with Crippen molar-refractivity contribution in [3.05, 3.63) is 29.3 Å². The van der Waals surface area contributed by atoms with Crippen LogP contribution in [0.2, 0.25) is 0 Å². The molecule has 1 aliphatic rings. The molecular weight excluding hydrogens is 266 g/mol. The molecule has 0 bridgehead atoms. The summed E-state index contributed by atoms with van der Waals surface area (Å²) in [5, 5.41) is 9.52. The molecule has 0 saturated heterocycles. The maximum absolute atomic E-state index is 13.7. The summed E-state index contributed by atoms with van der Waals surface area (Å²) in [5.74, 6) is -3.93. The summed E-state index contributed by atoms with van der Waals surface area (Å²) in [6.45, 7) is 0.788. The van der Waals surface area contributed by atoms with Gasteiger partial charge in [-0.2, -0.15) is 0 Å². The van der Waals surface area contributed by atoms with Gasteiger partial charge in [0.2, 0.25) is 0 Å². The van der Waals surface area contributed by atoms with E-state index in [2.05, 4.69) is 0 Å². The molecule has 1 aromatic carbocycles. The third-order valence-corrected chi connectivity index (χ3v) is 4.09. The summed E-state index contributed by atoms with van der Waals surface area (Å²) >= 11 is 0. The summed E-state index contributed by atoms with van der Waals surface area (Å²) in [7, 11) is 1.33. The largest absolute Gasteiger partial charge is 0.496 e. The van der Waals surface area contributed by atoms with Crippen LogP contribution in [-0.4, -0.2) is 18.2 Å². The molecule has 0 spiro atoms. The normalized spacial score (nSPS) is 18.0. The zero-order valence-corrected chi connectivity index (χ0v) is 11.6. The number of ether oxygens (including phenoxy) is 1. The molecule has 110 valence electrons. The SMILES string of the molecule is COc1ccc(C2(C(=O)O)CCCC2)cc1C(C)(F)F. The van der Waals surface area contributed by atoms with Crippen molar-refractivity contribution >= 4 is 5.97 Å². The highest BCUT2D eigenvalue weighted by molar-refractivity contribution is 5.82. The van der Waals surface area contributed by atoms with E-state index in [9.17, 15) is 18.7 Å². The number of carboxylic acids is 1. The van der Waals surface area contributed by atoms with Gasteiger partial charge in [-0.25, -0.2) is 8.78 Å². The quantitative estimate of drug-likeness (QED) is 0.917. The van der Waals surface area contributed by atoms with Crippen LogP contribution in [0.15, 0.2) is 18.2 Å². The molecule has 3 nitrogen and oxygen atoms in total. The summed E-state index contributed by atoms with van der Waals surface area (Å²) < 4.78 is 32.3. The van der Waals surface area contributed by atoms with Crippen molar-refractivity contribution in [2.24, 2.45) is 0 Å². The Balaban J connectivity index is 2.56. The first kappa shape index (κ1) is 14.8. The molecule has 1 fully saturated rings. The van der Waals surface area contributed by atoms with E-state index in [1.807, 2.05) is 0 Å². The Morgan fingerprint density at radius 3 is 2.40 bits per heavy atom. The van der Waals surface area contributed by atoms with Crippen molar-refractivity contribution in [1.29, 1.82) is 0 Å². The molecule has 5 heteroatoms. The predicted octanol–water partition coefficient (Wildman–Crippen LogP) is 3.70. The van der Waals surface area contributed by atoms with E-state index in [0.717, 1.165) is 19.8 Å². The molecule has 1 aromatic rings. The van der Waals surface area contributed by atoms with Crippen LogP contribution in [-0.2, 0) is 16.1 Å². The van der Waals surface area contributed by atoms with Gasteiger partial charge in [0.05, 0.1) is 18.1 Å². The number of rotatable bonds is 4. The lowest BCUT2D eigenvalue weighted by Gasteiger charge is -2.26. The molecule has 0 radical (unpaired) electrons. The highest BCUT2D eigenvalue weighted by atomic mass is 19.3. The maximum atomic E-state index is 13.7. The second-order valence-corrected chi connectivity index (χ2v) is 5.40. The van der Waals surface area contributed by atoms with Crippen LogP contribution >= 0.6 is 0 Å². The smallest absolute Gasteiger partial charge is 0.314 e. The van der Waals surface area contributed by atoms with Crippen molar-refractivity contribution in [3.63, 3.8) is 0 Å². The summed E-state index contributed by atoms with van der Waals surface area (Å²) in [5.41, 5.74) is -0.850. The number of hydrogen-bond donors (Lipinski definition) is 1. The van der Waals surface area contributed by atoms with Gasteiger partial charge < -0.3 is 9.84 Å². The number of hydrogen-bond acceptors (Lipinski definition) is 2. The van der Waals surface area contributed by atoms with E-state index < -0.39 is 17.3 Å². The average Bonchev–Trinajstić information content (AvgIpc) is 2.87. The standard InChI is InChI=1S/C15H18F2O3/c1-14(16,17)11-9-10(5-6-12(11)20-2)15(13(18)19)7-3-4-8-15/h5-6,9H,3-4,7-8H2,1-2H3,(H,18,19). The first-order valence-electron chi connectivity index (χ1n) is 6.61. The van der Waals surface area contributed by atoms with Gasteiger partial charge in [0, 0.05) is 6.92 Å². The third kappa shape index (κ3) is 2.37. The number of aliphatic carboxylic acids is 1. The van der Waals surface area contributed by atoms with Gasteiger partial charge in [-0.1, -0.05) is 18.9 Å². The Morgan fingerprint density at radius 2 is 1.95 bits per heavy atom. The minimum absolute atomic E-state index is 0.0831. The summed E-state index contributed by atoms with van der Waals surface area (Å²) in [6, 6.07) is 4.32. The number of halogens is 2. The minimum Gasteiger partial charge on any atom is -0.496 e. The molecule has 0 aromatic heterocycles. The fourth-order valence-corrected chi connectivity index (χ4v) is 2.95. The Bertz CT molecular complexity index is 514. The number of benzene rings is 1. The molecule has 0 heterocycles. The fraction of sp³-hybridized carbons (Fsp3) is 0.533. The van der Waals surface area contributed by atoms with Crippen molar-refractivity contribution in [2.75, 3.05) is 7.11 Å². The van der Waals surface area contributed by atoms with Gasteiger partial charge in [0.25, 0.3) is 5.92 Å². The van der Waals surface area contributed by atoms with Crippen molar-refractivity contribution in [2.45, 2.75) is 43.9 Å². The highest BCUT2D eigenvalue weighted by Crippen LogP contribution is 2.44. The maximum Gasteiger partial charge on any atom is 0.314 e. The first-order valence-corrected chi connectivity index (χ1v) is 6.61. The van der Waals surface area contributed by atoms with Crippen LogP contribution in [0.5, 0.6) is 5.75 Å². The second kappa shape index (κ2) is 5.04. The van der Waals surface area contributed by atoms with Crippen LogP contribution in [0, 0.1) is 0 Å². The predicted molar refractivity (Wildman–Crippen MR) is 70.3 cm³/mol. The lowest BCUT2D eigenvalue weighted by Crippen LogP contribution is -2.33. The second-order valence-electron chi connectivity index (χ2n) is 5.40. The van der Waals surface area contributed by atoms with Crippen LogP contribution < -0.4 is 4.74 Å². The molecule has 2 rings (SSSR count). The van der Waals surface area contributed by atoms with Crippen LogP contribution in [0.4, 0.5) is 8.78 Å². The van der Waals surface area contributed by atoms with E-state index in [1.54, 1.807) is 6.07 Å². The van der Waals surface area contributed by atoms with Crippen molar-refractivity contribution in [1.82, 2.24) is 0 Å². The van der Waals surface area contributed by atoms with Crippen molar-refractivity contribution in [3.8, 4) is 5.75 Å². The van der Waals surface area contributed by atoms with E-state index in [1.165, 1.54) is 19.2 Å². The monoisotopic (exact) mass is 284 g/mol. The van der Waals surface area contributed by atoms with Crippen molar-refractivity contribution < 1.29 is 23.4 Å². The summed E-state index contributed by atoms with van der Waals surface area (Å²) in [6.07, 6.45) is 2.58. The molecule has 0 atom stereocenters. The fourth-order valence-electron chi connectivity index (χ4n) is 2.95. The van der Waals surface area contributed by atoms with Crippen LogP contribution in [0.1, 0.15) is 43.7 Å². The molecule has 0 amide bonds. The highest BCUT2D eigenvalue weighted by Gasteiger charge is 2.44. The van der Waals surface area contributed by atoms with Gasteiger partial charge in [-0.05, 0) is 30.5 Å². The zero-order chi connectivity index (χ0) is 15.0. The van der Waals surface area contributed by atoms with Gasteiger partial charge in [0.15, 0.2) is 0 Å². The number of carboxylic acid groups (broad SMARTS) is 1. The molecular formula is C15H18F2O3. The number of methoxy groups -OCH3 is 1. The molecule has 1 N–H and O–H groups in total. The number of alkyl halides is 2. The number of carbonyl (C=O) groups is 1. The third-order valence-electron chi connectivity index (χ3n) is 4.09. The van der Waals surface area contributed by atoms with Crippen LogP contribution in [0.3, 0.4) is 0 Å². The van der Waals surface area contributed by atoms with E-state index >= 15 is 0 Å². The Kier molecular flexibility index (Phi) is 3.71. The molecule has 0 aliphatic heterocycles. The van der Waals surface area contributed by atoms with Gasteiger partial charge in [-0.15, -0.1) is 0 Å². The van der Waals surface area contributed by atoms with E-state index in [0.29, 0.717) is 18.4 Å². The molecule has 1 saturated carbocycles. The minimum atomic E-state index is -3.07. The van der Waals surface area contributed by atoms with E-state index in [-0.39, 0.29) is 11.3 Å². The molecule has 1 aliphatic carbocycles. The van der Waals surface area contributed by atoms with Crippen LogP contribution in [0.25, 0.3) is 0 Å². The van der Waals surface area contributed by atoms with E-state index in [4.69, 9.17) is 4.74 Å². The zero-order valence-electron chi connectivity index (χ0n) is 11.6. The van der Waals surface area contributed by atoms with Gasteiger partial charge >= 0.3 is 5.97 Å². The Hall–Kier alpha value is -1.65.